The molecule has 0 N–H and O–H groups in total. The molecule has 9 nitrogen and oxygen atoms in total. The second-order valence-electron chi connectivity index (χ2n) is 8.90. The van der Waals surface area contributed by atoms with Gasteiger partial charge in [-0.15, -0.1) is 0 Å². The first-order valence-electron chi connectivity index (χ1n) is 14.4. The van der Waals surface area contributed by atoms with Crippen LogP contribution in [0.2, 0.25) is 0 Å². The minimum atomic E-state index is -0.872. The first-order chi connectivity index (χ1) is 22.1. The molecule has 0 aliphatic rings. The predicted octanol–water partition coefficient (Wildman–Crippen LogP) is 8.64. The number of carbonyl (C=O) groups is 4. The van der Waals surface area contributed by atoms with Gasteiger partial charge in [-0.25, -0.2) is 19.2 Å². The molecule has 0 unspecified atom stereocenters. The number of hydrogen-bond donors (Lipinski definition) is 0. The third kappa shape index (κ3) is 15.2. The topological polar surface area (TPSA) is 114 Å². The van der Waals surface area contributed by atoms with E-state index < -0.39 is 18.1 Å². The molecule has 0 aliphatic carbocycles. The quantitative estimate of drug-likeness (QED) is 0.0349. The zero-order valence-electron chi connectivity index (χ0n) is 26.5. The second kappa shape index (κ2) is 21.9. The highest BCUT2D eigenvalue weighted by Crippen LogP contribution is 2.20. The van der Waals surface area contributed by atoms with Gasteiger partial charge in [0.1, 0.15) is 11.5 Å². The molecule has 0 atom stereocenters. The van der Waals surface area contributed by atoms with Gasteiger partial charge < -0.3 is 23.7 Å². The third-order valence-corrected chi connectivity index (χ3v) is 5.41. The van der Waals surface area contributed by atoms with E-state index in [1.165, 1.54) is 30.3 Å². The average Bonchev–Trinajstić information content (AvgIpc) is 3.07. The molecule has 3 aromatic rings. The van der Waals surface area contributed by atoms with Crippen molar-refractivity contribution in [1.29, 1.82) is 0 Å². The van der Waals surface area contributed by atoms with E-state index in [4.69, 9.17) is 23.7 Å². The number of benzene rings is 3. The van der Waals surface area contributed by atoms with Crippen molar-refractivity contribution < 1.29 is 42.9 Å². The second-order valence-corrected chi connectivity index (χ2v) is 8.90. The van der Waals surface area contributed by atoms with E-state index >= 15 is 0 Å². The van der Waals surface area contributed by atoms with E-state index in [1.54, 1.807) is 19.1 Å². The smallest absolute Gasteiger partial charge is 0.463 e. The standard InChI is InChI=1S/C19H20O7.C16H14O2.C2H6/c1-4-14(3)25-18(21)15-8-10-16(11-9-15)26-19(22)24-13-7-6-12-23-17(20)5-2;1-12(2)18-16(17)15-10-8-14(9-11-15)13-6-4-3-5-7-13;1-2/h4-5,8-11H,1-3,6-7,12-13H2;3-11H,1H2,2H3;1-2H3. The van der Waals surface area contributed by atoms with Crippen LogP contribution < -0.4 is 4.74 Å². The van der Waals surface area contributed by atoms with Crippen molar-refractivity contribution in [2.24, 2.45) is 0 Å². The van der Waals surface area contributed by atoms with Gasteiger partial charge in [0.25, 0.3) is 0 Å². The summed E-state index contributed by atoms with van der Waals surface area (Å²) in [6.45, 7) is 19.7. The van der Waals surface area contributed by atoms with Crippen molar-refractivity contribution in [3.63, 3.8) is 0 Å². The fourth-order valence-corrected chi connectivity index (χ4v) is 3.24. The Labute approximate surface area is 270 Å². The number of rotatable bonds is 13. The van der Waals surface area contributed by atoms with Crippen molar-refractivity contribution in [3.8, 4) is 16.9 Å². The Balaban J connectivity index is 0.000000460. The molecule has 9 heteroatoms. The lowest BCUT2D eigenvalue weighted by Gasteiger charge is -2.07. The van der Waals surface area contributed by atoms with Crippen LogP contribution in [-0.2, 0) is 23.7 Å². The van der Waals surface area contributed by atoms with Crippen LogP contribution in [0.25, 0.3) is 11.1 Å². The Morgan fingerprint density at radius 1 is 0.652 bits per heavy atom. The molecule has 0 spiro atoms. The summed E-state index contributed by atoms with van der Waals surface area (Å²) in [5.74, 6) is -0.714. The molecule has 0 bridgehead atoms. The Morgan fingerprint density at radius 2 is 1.15 bits per heavy atom. The largest absolute Gasteiger partial charge is 0.513 e. The Bertz CT molecular complexity index is 1450. The van der Waals surface area contributed by atoms with Gasteiger partial charge in [-0.2, -0.15) is 0 Å². The van der Waals surface area contributed by atoms with E-state index in [2.05, 4.69) is 26.3 Å². The van der Waals surface area contributed by atoms with E-state index in [-0.39, 0.29) is 36.3 Å². The van der Waals surface area contributed by atoms with E-state index in [0.717, 1.165) is 17.2 Å². The molecule has 0 saturated heterocycles. The van der Waals surface area contributed by atoms with Crippen LogP contribution in [-0.4, -0.2) is 37.3 Å². The number of unbranched alkanes of at least 4 members (excludes halogenated alkanes) is 1. The van der Waals surface area contributed by atoms with Crippen LogP contribution >= 0.6 is 0 Å². The third-order valence-electron chi connectivity index (χ3n) is 5.41. The monoisotopic (exact) mass is 628 g/mol. The fourth-order valence-electron chi connectivity index (χ4n) is 3.24. The highest BCUT2D eigenvalue weighted by atomic mass is 16.7. The van der Waals surface area contributed by atoms with Gasteiger partial charge in [-0.05, 0) is 73.4 Å². The number of esters is 3. The zero-order chi connectivity index (χ0) is 34.3. The Hall–Kier alpha value is -5.70. The summed E-state index contributed by atoms with van der Waals surface area (Å²) >= 11 is 0. The van der Waals surface area contributed by atoms with Crippen molar-refractivity contribution in [3.05, 3.63) is 140 Å². The zero-order valence-corrected chi connectivity index (χ0v) is 26.5. The highest BCUT2D eigenvalue weighted by Gasteiger charge is 2.11. The molecule has 0 radical (unpaired) electrons. The summed E-state index contributed by atoms with van der Waals surface area (Å²) in [4.78, 5) is 45.7. The lowest BCUT2D eigenvalue weighted by Crippen LogP contribution is -2.12. The van der Waals surface area contributed by atoms with Gasteiger partial charge in [0.15, 0.2) is 0 Å². The van der Waals surface area contributed by atoms with Crippen molar-refractivity contribution in [1.82, 2.24) is 0 Å². The summed E-state index contributed by atoms with van der Waals surface area (Å²) in [7, 11) is 0. The van der Waals surface area contributed by atoms with Crippen LogP contribution in [0, 0.1) is 0 Å². The molecule has 0 aliphatic heterocycles. The maximum absolute atomic E-state index is 11.7. The van der Waals surface area contributed by atoms with Gasteiger partial charge in [0, 0.05) is 6.08 Å². The molecule has 3 aromatic carbocycles. The minimum absolute atomic E-state index is 0.124. The first-order valence-corrected chi connectivity index (χ1v) is 14.4. The average molecular weight is 629 g/mol. The fraction of sp³-hybridized carbons (Fsp3) is 0.189. The Morgan fingerprint density at radius 3 is 1.67 bits per heavy atom. The van der Waals surface area contributed by atoms with Gasteiger partial charge >= 0.3 is 24.1 Å². The van der Waals surface area contributed by atoms with Crippen LogP contribution in [0.1, 0.15) is 54.3 Å². The molecule has 0 amide bonds. The SMILES string of the molecule is C=C(C)OC(=O)c1ccc(-c2ccccc2)cc1.C=CC(=C)OC(=O)c1ccc(OC(=O)OCCCCOC(=O)C=C)cc1.CC. The van der Waals surface area contributed by atoms with Crippen LogP contribution in [0.3, 0.4) is 0 Å². The van der Waals surface area contributed by atoms with Crippen molar-refractivity contribution in [2.45, 2.75) is 33.6 Å². The molecular formula is C37H40O9. The first kappa shape index (κ1) is 38.3. The molecule has 242 valence electrons. The number of ether oxygens (including phenoxy) is 5. The lowest BCUT2D eigenvalue weighted by molar-refractivity contribution is -0.137. The lowest BCUT2D eigenvalue weighted by atomic mass is 10.0. The predicted molar refractivity (Wildman–Crippen MR) is 177 cm³/mol. The van der Waals surface area contributed by atoms with E-state index in [9.17, 15) is 19.2 Å². The number of carbonyl (C=O) groups excluding carboxylic acids is 4. The van der Waals surface area contributed by atoms with Crippen molar-refractivity contribution >= 4 is 24.1 Å². The van der Waals surface area contributed by atoms with Crippen LogP contribution in [0.4, 0.5) is 4.79 Å². The molecule has 46 heavy (non-hydrogen) atoms. The molecular weight excluding hydrogens is 588 g/mol. The van der Waals surface area contributed by atoms with Gasteiger partial charge in [0.05, 0.1) is 30.1 Å². The summed E-state index contributed by atoms with van der Waals surface area (Å²) in [5.41, 5.74) is 2.99. The number of hydrogen-bond acceptors (Lipinski definition) is 9. The van der Waals surface area contributed by atoms with Crippen molar-refractivity contribution in [2.75, 3.05) is 13.2 Å². The van der Waals surface area contributed by atoms with E-state index in [0.29, 0.717) is 24.2 Å². The molecule has 0 fully saturated rings. The van der Waals surface area contributed by atoms with E-state index in [1.807, 2.05) is 56.3 Å². The molecule has 3 rings (SSSR count). The highest BCUT2D eigenvalue weighted by molar-refractivity contribution is 5.91. The maximum Gasteiger partial charge on any atom is 0.513 e. The summed E-state index contributed by atoms with van der Waals surface area (Å²) < 4.78 is 24.5. The molecule has 0 saturated carbocycles. The summed E-state index contributed by atoms with van der Waals surface area (Å²) in [6, 6.07) is 23.1. The van der Waals surface area contributed by atoms with Crippen LogP contribution in [0.15, 0.2) is 129 Å². The summed E-state index contributed by atoms with van der Waals surface area (Å²) in [6.07, 6.45) is 2.57. The maximum atomic E-state index is 11.7. The van der Waals surface area contributed by atoms with Crippen LogP contribution in [0.5, 0.6) is 5.75 Å². The van der Waals surface area contributed by atoms with Gasteiger partial charge in [-0.3, -0.25) is 0 Å². The normalized spacial score (nSPS) is 9.37. The minimum Gasteiger partial charge on any atom is -0.463 e. The molecule has 0 aromatic heterocycles. The Kier molecular flexibility index (Phi) is 18.3. The van der Waals surface area contributed by atoms with Gasteiger partial charge in [0.2, 0.25) is 0 Å². The molecule has 0 heterocycles. The number of allylic oxidation sites excluding steroid dienone is 2. The van der Waals surface area contributed by atoms with Gasteiger partial charge in [-0.1, -0.05) is 82.6 Å². The summed E-state index contributed by atoms with van der Waals surface area (Å²) in [5, 5.41) is 0.